The fourth-order valence-corrected chi connectivity index (χ4v) is 5.14. The Morgan fingerprint density at radius 1 is 1.15 bits per heavy atom. The minimum Gasteiger partial charge on any atom is -0.332 e. The number of aryl methyl sites for hydroxylation is 1. The van der Waals surface area contributed by atoms with Gasteiger partial charge in [-0.1, -0.05) is 6.42 Å². The van der Waals surface area contributed by atoms with E-state index in [9.17, 15) is 18.0 Å². The lowest BCUT2D eigenvalue weighted by Crippen LogP contribution is -2.77. The van der Waals surface area contributed by atoms with Crippen LogP contribution in [0.3, 0.4) is 0 Å². The molecule has 142 valence electrons. The van der Waals surface area contributed by atoms with Gasteiger partial charge in [0.2, 0.25) is 5.92 Å². The maximum absolute atomic E-state index is 13.6. The van der Waals surface area contributed by atoms with E-state index in [2.05, 4.69) is 15.7 Å². The van der Waals surface area contributed by atoms with Gasteiger partial charge in [-0.2, -0.15) is 5.10 Å². The van der Waals surface area contributed by atoms with Crippen molar-refractivity contribution in [3.8, 4) is 0 Å². The largest absolute Gasteiger partial charge is 0.332 e. The van der Waals surface area contributed by atoms with Crippen LogP contribution < -0.4 is 10.6 Å². The summed E-state index contributed by atoms with van der Waals surface area (Å²) in [6.45, 7) is 0. The smallest absolute Gasteiger partial charge is 0.320 e. The molecule has 1 heterocycles. The molecule has 5 fully saturated rings. The van der Waals surface area contributed by atoms with Crippen molar-refractivity contribution in [2.45, 2.75) is 80.3 Å². The van der Waals surface area contributed by atoms with Crippen LogP contribution in [0, 0.1) is 0 Å². The summed E-state index contributed by atoms with van der Waals surface area (Å²) in [5.41, 5.74) is 0.174. The Kier molecular flexibility index (Phi) is 3.13. The van der Waals surface area contributed by atoms with Gasteiger partial charge in [0.1, 0.15) is 11.5 Å². The highest BCUT2D eigenvalue weighted by Crippen LogP contribution is 2.63. The SMILES string of the molecule is Cn1nc(C2CC(F)(F)C2)c(C2CCC2)c1NC(=O)NC12CC(F)(C1)C2. The van der Waals surface area contributed by atoms with E-state index in [1.54, 1.807) is 11.7 Å². The molecule has 5 aliphatic carbocycles. The standard InChI is InChI=1S/C18H23F3N4O/c1-25-14(22-15(26)23-17-7-16(19,8-17)9-17)12(10-3-2-4-10)13(24-25)11-5-18(20,21)6-11/h10-11H,2-9H2,1H3,(H2,22,23,26). The number of aromatic nitrogens is 2. The first-order valence-corrected chi connectivity index (χ1v) is 9.40. The molecule has 5 saturated carbocycles. The summed E-state index contributed by atoms with van der Waals surface area (Å²) in [6, 6.07) is -0.360. The van der Waals surface area contributed by atoms with Crippen molar-refractivity contribution in [1.29, 1.82) is 0 Å². The van der Waals surface area contributed by atoms with Crippen LogP contribution in [0.25, 0.3) is 0 Å². The Hall–Kier alpha value is -1.73. The molecule has 2 N–H and O–H groups in total. The van der Waals surface area contributed by atoms with Crippen LogP contribution in [-0.4, -0.2) is 32.9 Å². The van der Waals surface area contributed by atoms with E-state index in [1.807, 2.05) is 0 Å². The Labute approximate surface area is 149 Å². The van der Waals surface area contributed by atoms with Crippen LogP contribution >= 0.6 is 0 Å². The van der Waals surface area contributed by atoms with E-state index in [1.165, 1.54) is 0 Å². The van der Waals surface area contributed by atoms with Crippen molar-refractivity contribution in [2.75, 3.05) is 5.32 Å². The highest BCUT2D eigenvalue weighted by Gasteiger charge is 2.70. The quantitative estimate of drug-likeness (QED) is 0.845. The third-order valence-corrected chi connectivity index (χ3v) is 6.68. The molecular weight excluding hydrogens is 345 g/mol. The molecular formula is C18H23F3N4O. The van der Waals surface area contributed by atoms with Crippen LogP contribution in [0.2, 0.25) is 0 Å². The number of halogens is 3. The van der Waals surface area contributed by atoms with Gasteiger partial charge in [-0.25, -0.2) is 18.0 Å². The van der Waals surface area contributed by atoms with Gasteiger partial charge in [0.15, 0.2) is 0 Å². The summed E-state index contributed by atoms with van der Waals surface area (Å²) in [4.78, 5) is 12.4. The molecule has 0 saturated heterocycles. The lowest BCUT2D eigenvalue weighted by atomic mass is 9.47. The number of urea groups is 1. The van der Waals surface area contributed by atoms with E-state index in [0.29, 0.717) is 30.8 Å². The fourth-order valence-electron chi connectivity index (χ4n) is 5.14. The first kappa shape index (κ1) is 16.4. The molecule has 2 amide bonds. The molecule has 5 nitrogen and oxygen atoms in total. The summed E-state index contributed by atoms with van der Waals surface area (Å²) >= 11 is 0. The van der Waals surface area contributed by atoms with Gasteiger partial charge >= 0.3 is 6.03 Å². The second-order valence-electron chi connectivity index (χ2n) is 8.90. The predicted molar refractivity (Wildman–Crippen MR) is 89.3 cm³/mol. The number of amides is 2. The maximum atomic E-state index is 13.6. The van der Waals surface area contributed by atoms with Crippen molar-refractivity contribution in [3.63, 3.8) is 0 Å². The summed E-state index contributed by atoms with van der Waals surface area (Å²) in [5.74, 6) is -1.98. The summed E-state index contributed by atoms with van der Waals surface area (Å²) in [7, 11) is 1.73. The van der Waals surface area contributed by atoms with Crippen molar-refractivity contribution in [2.24, 2.45) is 7.05 Å². The number of carbonyl (C=O) groups excluding carboxylic acids is 1. The average Bonchev–Trinajstić information content (AvgIpc) is 2.69. The Morgan fingerprint density at radius 3 is 2.31 bits per heavy atom. The molecule has 2 bridgehead atoms. The van der Waals surface area contributed by atoms with Crippen LogP contribution in [0.15, 0.2) is 0 Å². The highest BCUT2D eigenvalue weighted by molar-refractivity contribution is 5.90. The van der Waals surface area contributed by atoms with E-state index >= 15 is 0 Å². The molecule has 0 unspecified atom stereocenters. The first-order valence-electron chi connectivity index (χ1n) is 9.40. The number of hydrogen-bond donors (Lipinski definition) is 2. The lowest BCUT2D eigenvalue weighted by molar-refractivity contribution is -0.161. The van der Waals surface area contributed by atoms with Gasteiger partial charge in [-0.15, -0.1) is 0 Å². The highest BCUT2D eigenvalue weighted by atomic mass is 19.3. The number of carbonyl (C=O) groups is 1. The predicted octanol–water partition coefficient (Wildman–Crippen LogP) is 3.97. The second kappa shape index (κ2) is 4.95. The molecule has 0 atom stereocenters. The van der Waals surface area contributed by atoms with Gasteiger partial charge in [0.05, 0.1) is 11.2 Å². The zero-order chi connectivity index (χ0) is 18.3. The third-order valence-electron chi connectivity index (χ3n) is 6.68. The van der Waals surface area contributed by atoms with E-state index in [-0.39, 0.29) is 30.7 Å². The monoisotopic (exact) mass is 368 g/mol. The molecule has 8 heteroatoms. The molecule has 0 aliphatic heterocycles. The molecule has 0 spiro atoms. The van der Waals surface area contributed by atoms with Gasteiger partial charge in [0, 0.05) is 50.6 Å². The van der Waals surface area contributed by atoms with E-state index in [0.717, 1.165) is 24.8 Å². The zero-order valence-corrected chi connectivity index (χ0v) is 14.7. The summed E-state index contributed by atoms with van der Waals surface area (Å²) < 4.78 is 41.9. The number of alkyl halides is 3. The van der Waals surface area contributed by atoms with Gasteiger partial charge < -0.3 is 5.32 Å². The van der Waals surface area contributed by atoms with Crippen LogP contribution in [0.1, 0.15) is 74.5 Å². The van der Waals surface area contributed by atoms with Crippen molar-refractivity contribution in [3.05, 3.63) is 11.3 Å². The van der Waals surface area contributed by atoms with Gasteiger partial charge in [-0.3, -0.25) is 10.00 Å². The van der Waals surface area contributed by atoms with Crippen LogP contribution in [0.4, 0.5) is 23.8 Å². The molecule has 0 aromatic carbocycles. The topological polar surface area (TPSA) is 59.0 Å². The average molecular weight is 368 g/mol. The number of nitrogens with zero attached hydrogens (tertiary/aromatic N) is 2. The Morgan fingerprint density at radius 2 is 1.81 bits per heavy atom. The van der Waals surface area contributed by atoms with Gasteiger partial charge in [0.25, 0.3) is 0 Å². The fraction of sp³-hybridized carbons (Fsp3) is 0.778. The number of anilines is 1. The molecule has 0 radical (unpaired) electrons. The van der Waals surface area contributed by atoms with E-state index < -0.39 is 17.1 Å². The summed E-state index contributed by atoms with van der Waals surface area (Å²) in [6.07, 6.45) is 3.91. The van der Waals surface area contributed by atoms with Crippen molar-refractivity contribution >= 4 is 11.8 Å². The minimum absolute atomic E-state index is 0.170. The number of nitrogens with one attached hydrogen (secondary N) is 2. The number of rotatable bonds is 4. The molecule has 6 rings (SSSR count). The molecule has 1 aromatic heterocycles. The van der Waals surface area contributed by atoms with E-state index in [4.69, 9.17) is 0 Å². The minimum atomic E-state index is -2.60. The Balaban J connectivity index is 1.36. The third kappa shape index (κ3) is 2.36. The second-order valence-corrected chi connectivity index (χ2v) is 8.90. The number of hydrogen-bond acceptors (Lipinski definition) is 2. The normalized spacial score (nSPS) is 34.9. The van der Waals surface area contributed by atoms with Crippen molar-refractivity contribution < 1.29 is 18.0 Å². The Bertz CT molecular complexity index is 758. The maximum Gasteiger partial charge on any atom is 0.320 e. The van der Waals surface area contributed by atoms with Crippen molar-refractivity contribution in [1.82, 2.24) is 15.1 Å². The first-order chi connectivity index (χ1) is 12.2. The van der Waals surface area contributed by atoms with Crippen LogP contribution in [0.5, 0.6) is 0 Å². The zero-order valence-electron chi connectivity index (χ0n) is 14.7. The molecule has 26 heavy (non-hydrogen) atoms. The summed E-state index contributed by atoms with van der Waals surface area (Å²) in [5, 5.41) is 10.3. The lowest BCUT2D eigenvalue weighted by Gasteiger charge is -2.65. The molecule has 1 aromatic rings. The molecule has 5 aliphatic rings. The van der Waals surface area contributed by atoms with Gasteiger partial charge in [-0.05, 0) is 18.8 Å². The van der Waals surface area contributed by atoms with Crippen LogP contribution in [-0.2, 0) is 7.05 Å².